The minimum absolute atomic E-state index is 0.165. The van der Waals surface area contributed by atoms with Gasteiger partial charge in [-0.2, -0.15) is 0 Å². The summed E-state index contributed by atoms with van der Waals surface area (Å²) in [5.41, 5.74) is 3.65. The Morgan fingerprint density at radius 1 is 1.06 bits per heavy atom. The van der Waals surface area contributed by atoms with E-state index < -0.39 is 11.9 Å². The zero-order valence-electron chi connectivity index (χ0n) is 11.2. The van der Waals surface area contributed by atoms with Crippen molar-refractivity contribution in [3.8, 4) is 0 Å². The van der Waals surface area contributed by atoms with Crippen molar-refractivity contribution in [2.24, 2.45) is 0 Å². The zero-order valence-corrected chi connectivity index (χ0v) is 11.2. The number of rotatable bonds is 3. The smallest absolute Gasteiger partial charge is 0.340 e. The number of hydrogen-bond donors (Lipinski definition) is 1. The van der Waals surface area contributed by atoms with Gasteiger partial charge in [-0.1, -0.05) is 0 Å². The maximum absolute atomic E-state index is 11.7. The van der Waals surface area contributed by atoms with Gasteiger partial charge in [-0.15, -0.1) is 0 Å². The molecule has 0 amide bonds. The number of aromatic amines is 1. The highest BCUT2D eigenvalue weighted by atomic mass is 16.5. The molecule has 0 aliphatic heterocycles. The van der Waals surface area contributed by atoms with Gasteiger partial charge in [0.05, 0.1) is 25.5 Å². The molecule has 0 bridgehead atoms. The van der Waals surface area contributed by atoms with E-state index in [4.69, 9.17) is 0 Å². The van der Waals surface area contributed by atoms with Crippen molar-refractivity contribution in [1.82, 2.24) is 4.98 Å². The van der Waals surface area contributed by atoms with Gasteiger partial charge in [-0.05, 0) is 31.9 Å². The van der Waals surface area contributed by atoms with Gasteiger partial charge in [0.2, 0.25) is 0 Å². The molecule has 0 saturated heterocycles. The Labute approximate surface area is 106 Å². The average Bonchev–Trinajstić information content (AvgIpc) is 2.62. The third-order valence-electron chi connectivity index (χ3n) is 2.95. The molecule has 0 unspecified atom stereocenters. The topological polar surface area (TPSA) is 68.4 Å². The van der Waals surface area contributed by atoms with Crippen LogP contribution in [0, 0.1) is 20.8 Å². The lowest BCUT2D eigenvalue weighted by Gasteiger charge is -2.05. The second kappa shape index (κ2) is 5.53. The summed E-state index contributed by atoms with van der Waals surface area (Å²) < 4.78 is 9.22. The fourth-order valence-corrected chi connectivity index (χ4v) is 1.63. The van der Waals surface area contributed by atoms with Gasteiger partial charge in [-0.3, -0.25) is 0 Å². The van der Waals surface area contributed by atoms with E-state index in [0.29, 0.717) is 5.69 Å². The predicted molar refractivity (Wildman–Crippen MR) is 67.0 cm³/mol. The van der Waals surface area contributed by atoms with Crippen LogP contribution < -0.4 is 0 Å². The van der Waals surface area contributed by atoms with Gasteiger partial charge < -0.3 is 14.5 Å². The number of aryl methyl sites for hydroxylation is 1. The van der Waals surface area contributed by atoms with E-state index in [-0.39, 0.29) is 5.57 Å². The van der Waals surface area contributed by atoms with Crippen molar-refractivity contribution in [1.29, 1.82) is 0 Å². The number of aromatic nitrogens is 1. The normalized spacial score (nSPS) is 11.3. The van der Waals surface area contributed by atoms with Crippen LogP contribution in [0.4, 0.5) is 0 Å². The number of carbonyl (C=O) groups is 2. The van der Waals surface area contributed by atoms with Crippen molar-refractivity contribution in [3.63, 3.8) is 0 Å². The van der Waals surface area contributed by atoms with E-state index in [0.717, 1.165) is 22.9 Å². The Morgan fingerprint density at radius 3 is 2.06 bits per heavy atom. The Morgan fingerprint density at radius 2 is 1.67 bits per heavy atom. The molecule has 1 aromatic heterocycles. The van der Waals surface area contributed by atoms with Gasteiger partial charge in [0.1, 0.15) is 0 Å². The van der Waals surface area contributed by atoms with Crippen LogP contribution in [0.3, 0.4) is 0 Å². The van der Waals surface area contributed by atoms with E-state index in [1.807, 2.05) is 20.8 Å². The highest BCUT2D eigenvalue weighted by molar-refractivity contribution is 6.20. The highest BCUT2D eigenvalue weighted by Crippen LogP contribution is 2.24. The summed E-state index contributed by atoms with van der Waals surface area (Å²) in [5.74, 6) is -1.18. The number of ether oxygens (including phenoxy) is 2. The maximum Gasteiger partial charge on any atom is 0.340 e. The van der Waals surface area contributed by atoms with Gasteiger partial charge in [0.25, 0.3) is 0 Å². The summed E-state index contributed by atoms with van der Waals surface area (Å²) >= 11 is 0. The largest absolute Gasteiger partial charge is 0.466 e. The van der Waals surface area contributed by atoms with Crippen molar-refractivity contribution in [3.05, 3.63) is 28.6 Å². The lowest BCUT2D eigenvalue weighted by atomic mass is 10.1. The Kier molecular flexibility index (Phi) is 4.31. The van der Waals surface area contributed by atoms with E-state index >= 15 is 0 Å². The van der Waals surface area contributed by atoms with Crippen LogP contribution in [-0.2, 0) is 19.1 Å². The molecule has 5 nitrogen and oxygen atoms in total. The minimum Gasteiger partial charge on any atom is -0.466 e. The monoisotopic (exact) mass is 251 g/mol. The van der Waals surface area contributed by atoms with E-state index in [1.54, 1.807) is 0 Å². The van der Waals surface area contributed by atoms with Crippen LogP contribution in [0.25, 0.3) is 5.57 Å². The fraction of sp³-hybridized carbons (Fsp3) is 0.385. The lowest BCUT2D eigenvalue weighted by Crippen LogP contribution is -2.08. The quantitative estimate of drug-likeness (QED) is 0.655. The number of H-pyrrole nitrogens is 1. The molecule has 0 aliphatic carbocycles. The first-order valence-electron chi connectivity index (χ1n) is 5.46. The van der Waals surface area contributed by atoms with Crippen LogP contribution in [0.5, 0.6) is 0 Å². The summed E-state index contributed by atoms with van der Waals surface area (Å²) in [6, 6.07) is 0. The van der Waals surface area contributed by atoms with Gasteiger partial charge >= 0.3 is 11.9 Å². The molecule has 0 atom stereocenters. The van der Waals surface area contributed by atoms with E-state index in [2.05, 4.69) is 14.5 Å². The summed E-state index contributed by atoms with van der Waals surface area (Å²) in [4.78, 5) is 26.1. The van der Waals surface area contributed by atoms with Crippen LogP contribution in [0.2, 0.25) is 0 Å². The number of nitrogens with one attached hydrogen (secondary N) is 1. The van der Waals surface area contributed by atoms with Crippen molar-refractivity contribution < 1.29 is 19.1 Å². The Balaban J connectivity index is 3.35. The molecule has 0 fully saturated rings. The number of methoxy groups -OCH3 is 2. The first-order chi connectivity index (χ1) is 8.42. The molecular formula is C13H17NO4. The first kappa shape index (κ1) is 14.0. The zero-order chi connectivity index (χ0) is 13.9. The summed E-state index contributed by atoms with van der Waals surface area (Å²) in [6.45, 7) is 5.72. The number of hydrogen-bond acceptors (Lipinski definition) is 4. The highest BCUT2D eigenvalue weighted by Gasteiger charge is 2.20. The van der Waals surface area contributed by atoms with Crippen LogP contribution in [0.15, 0.2) is 6.08 Å². The molecule has 1 rings (SSSR count). The Hall–Kier alpha value is -2.04. The molecule has 5 heteroatoms. The molecule has 0 aliphatic rings. The molecule has 1 heterocycles. The molecule has 18 heavy (non-hydrogen) atoms. The molecule has 0 spiro atoms. The minimum atomic E-state index is -0.597. The second-order valence-corrected chi connectivity index (χ2v) is 3.95. The fourth-order valence-electron chi connectivity index (χ4n) is 1.63. The number of carbonyl (C=O) groups excluding carboxylic acids is 2. The van der Waals surface area contributed by atoms with Crippen molar-refractivity contribution in [2.45, 2.75) is 20.8 Å². The summed E-state index contributed by atoms with van der Waals surface area (Å²) in [5, 5.41) is 0. The number of esters is 2. The first-order valence-corrected chi connectivity index (χ1v) is 5.46. The third kappa shape index (κ3) is 2.61. The molecule has 0 radical (unpaired) electrons. The predicted octanol–water partition coefficient (Wildman–Crippen LogP) is 1.67. The van der Waals surface area contributed by atoms with Gasteiger partial charge in [-0.25, -0.2) is 9.59 Å². The van der Waals surface area contributed by atoms with Crippen LogP contribution in [-0.4, -0.2) is 31.1 Å². The summed E-state index contributed by atoms with van der Waals surface area (Å²) in [7, 11) is 2.53. The molecule has 98 valence electrons. The average molecular weight is 251 g/mol. The SMILES string of the molecule is COC(=O)/C=C(\C(=O)OC)c1[nH]c(C)c(C)c1C. The van der Waals surface area contributed by atoms with Gasteiger partial charge in [0.15, 0.2) is 0 Å². The molecule has 0 saturated carbocycles. The van der Waals surface area contributed by atoms with Crippen molar-refractivity contribution >= 4 is 17.5 Å². The standard InChI is InChI=1S/C13H17NO4/c1-7-8(2)12(14-9(7)3)10(13(16)18-5)6-11(15)17-4/h6,14H,1-5H3/b10-6-. The lowest BCUT2D eigenvalue weighted by molar-refractivity contribution is -0.136. The molecule has 0 aromatic carbocycles. The third-order valence-corrected chi connectivity index (χ3v) is 2.95. The molecule has 1 aromatic rings. The molecular weight excluding hydrogens is 234 g/mol. The van der Waals surface area contributed by atoms with Crippen LogP contribution >= 0.6 is 0 Å². The molecule has 1 N–H and O–H groups in total. The van der Waals surface area contributed by atoms with E-state index in [1.165, 1.54) is 14.2 Å². The second-order valence-electron chi connectivity index (χ2n) is 3.95. The van der Waals surface area contributed by atoms with Crippen molar-refractivity contribution in [2.75, 3.05) is 14.2 Å². The maximum atomic E-state index is 11.7. The van der Waals surface area contributed by atoms with Crippen LogP contribution in [0.1, 0.15) is 22.5 Å². The van der Waals surface area contributed by atoms with Gasteiger partial charge in [0, 0.05) is 11.8 Å². The van der Waals surface area contributed by atoms with E-state index in [9.17, 15) is 9.59 Å². The summed E-state index contributed by atoms with van der Waals surface area (Å²) in [6.07, 6.45) is 1.13. The Bertz CT molecular complexity index is 511.